The molecule has 3 aromatic carbocycles. The molecule has 0 atom stereocenters. The van der Waals surface area contributed by atoms with Crippen LogP contribution in [0.2, 0.25) is 0 Å². The van der Waals surface area contributed by atoms with E-state index >= 15 is 0 Å². The molecule has 1 aliphatic carbocycles. The van der Waals surface area contributed by atoms with Crippen LogP contribution in [0.25, 0.3) is 38.3 Å². The van der Waals surface area contributed by atoms with Crippen molar-refractivity contribution >= 4 is 27.2 Å². The molecule has 0 amide bonds. The Morgan fingerprint density at radius 3 is 2.33 bits per heavy atom. The first-order valence-electron chi connectivity index (χ1n) is 8.43. The second-order valence-electron chi connectivity index (χ2n) is 6.63. The predicted molar refractivity (Wildman–Crippen MR) is 101 cm³/mol. The summed E-state index contributed by atoms with van der Waals surface area (Å²) in [5, 5.41) is 4.12. The highest BCUT2D eigenvalue weighted by Crippen LogP contribution is 2.43. The minimum Gasteiger partial charge on any atom is -0.316 e. The van der Waals surface area contributed by atoms with Crippen LogP contribution in [-0.2, 0) is 6.42 Å². The SMILES string of the molecule is c1ccc2c(c1)Cc1c-2ccc2c1c1ccccc1n1cccc21. The van der Waals surface area contributed by atoms with Gasteiger partial charge in [0, 0.05) is 17.0 Å². The van der Waals surface area contributed by atoms with Gasteiger partial charge in [-0.1, -0.05) is 54.6 Å². The fourth-order valence-corrected chi connectivity index (χ4v) is 4.44. The molecule has 0 spiro atoms. The van der Waals surface area contributed by atoms with Crippen LogP contribution in [0, 0.1) is 0 Å². The van der Waals surface area contributed by atoms with E-state index in [1.165, 1.54) is 49.4 Å². The number of hydrogen-bond acceptors (Lipinski definition) is 0. The fourth-order valence-electron chi connectivity index (χ4n) is 4.44. The quantitative estimate of drug-likeness (QED) is 0.312. The summed E-state index contributed by atoms with van der Waals surface area (Å²) >= 11 is 0. The summed E-state index contributed by atoms with van der Waals surface area (Å²) in [5.74, 6) is 0. The van der Waals surface area contributed by atoms with Crippen molar-refractivity contribution < 1.29 is 0 Å². The van der Waals surface area contributed by atoms with E-state index in [1.54, 1.807) is 0 Å². The van der Waals surface area contributed by atoms with Gasteiger partial charge in [-0.25, -0.2) is 0 Å². The summed E-state index contributed by atoms with van der Waals surface area (Å²) in [6, 6.07) is 26.6. The van der Waals surface area contributed by atoms with Gasteiger partial charge in [0.1, 0.15) is 0 Å². The van der Waals surface area contributed by atoms with E-state index in [9.17, 15) is 0 Å². The predicted octanol–water partition coefficient (Wildman–Crippen LogP) is 5.82. The van der Waals surface area contributed by atoms with Gasteiger partial charge in [-0.05, 0) is 52.3 Å². The molecule has 0 aliphatic heterocycles. The minimum atomic E-state index is 1.03. The normalized spacial score (nSPS) is 12.8. The molecule has 24 heavy (non-hydrogen) atoms. The van der Waals surface area contributed by atoms with Crippen molar-refractivity contribution in [1.29, 1.82) is 0 Å². The van der Waals surface area contributed by atoms with Crippen LogP contribution in [0.4, 0.5) is 0 Å². The second kappa shape index (κ2) is 4.27. The molecule has 0 N–H and O–H groups in total. The number of hydrogen-bond donors (Lipinski definition) is 0. The third-order valence-corrected chi connectivity index (χ3v) is 5.45. The van der Waals surface area contributed by atoms with E-state index in [2.05, 4.69) is 83.4 Å². The first-order chi connectivity index (χ1) is 11.9. The van der Waals surface area contributed by atoms with Gasteiger partial charge in [-0.2, -0.15) is 0 Å². The Morgan fingerprint density at radius 2 is 1.38 bits per heavy atom. The number of nitrogens with zero attached hydrogens (tertiary/aromatic N) is 1. The zero-order valence-electron chi connectivity index (χ0n) is 13.2. The first-order valence-corrected chi connectivity index (χ1v) is 8.43. The van der Waals surface area contributed by atoms with Crippen LogP contribution in [0.1, 0.15) is 11.1 Å². The Hall–Kier alpha value is -3.06. The Morgan fingerprint density at radius 1 is 0.625 bits per heavy atom. The Labute approximate surface area is 139 Å². The number of benzene rings is 3. The van der Waals surface area contributed by atoms with Gasteiger partial charge < -0.3 is 4.40 Å². The van der Waals surface area contributed by atoms with Crippen molar-refractivity contribution in [3.05, 3.63) is 90.1 Å². The van der Waals surface area contributed by atoms with Crippen molar-refractivity contribution in [2.24, 2.45) is 0 Å². The average molecular weight is 305 g/mol. The fraction of sp³-hybridized carbons (Fsp3) is 0.0435. The molecule has 0 unspecified atom stereocenters. The second-order valence-corrected chi connectivity index (χ2v) is 6.63. The van der Waals surface area contributed by atoms with Crippen molar-refractivity contribution in [3.63, 3.8) is 0 Å². The molecular weight excluding hydrogens is 290 g/mol. The molecule has 0 bridgehead atoms. The van der Waals surface area contributed by atoms with Gasteiger partial charge in [0.05, 0.1) is 11.0 Å². The first kappa shape index (κ1) is 12.4. The highest BCUT2D eigenvalue weighted by molar-refractivity contribution is 6.16. The van der Waals surface area contributed by atoms with Gasteiger partial charge in [-0.15, -0.1) is 0 Å². The summed E-state index contributed by atoms with van der Waals surface area (Å²) in [4.78, 5) is 0. The summed E-state index contributed by atoms with van der Waals surface area (Å²) < 4.78 is 2.31. The molecule has 5 aromatic rings. The molecule has 0 fully saturated rings. The average Bonchev–Trinajstić information content (AvgIpc) is 3.26. The molecule has 2 aromatic heterocycles. The van der Waals surface area contributed by atoms with E-state index in [0.29, 0.717) is 0 Å². The molecule has 0 saturated heterocycles. The maximum atomic E-state index is 2.31. The lowest BCUT2D eigenvalue weighted by molar-refractivity contribution is 1.27. The minimum absolute atomic E-state index is 1.03. The highest BCUT2D eigenvalue weighted by Gasteiger charge is 2.22. The van der Waals surface area contributed by atoms with E-state index in [4.69, 9.17) is 0 Å². The monoisotopic (exact) mass is 305 g/mol. The van der Waals surface area contributed by atoms with E-state index in [-0.39, 0.29) is 0 Å². The van der Waals surface area contributed by atoms with Gasteiger partial charge in [0.25, 0.3) is 0 Å². The Bertz CT molecular complexity index is 1270. The summed E-state index contributed by atoms with van der Waals surface area (Å²) in [6.07, 6.45) is 3.20. The third kappa shape index (κ3) is 1.40. The summed E-state index contributed by atoms with van der Waals surface area (Å²) in [6.45, 7) is 0. The maximum absolute atomic E-state index is 2.31. The summed E-state index contributed by atoms with van der Waals surface area (Å²) in [7, 11) is 0. The van der Waals surface area contributed by atoms with Crippen LogP contribution >= 0.6 is 0 Å². The van der Waals surface area contributed by atoms with Crippen LogP contribution in [-0.4, -0.2) is 4.40 Å². The standard InChI is InChI=1S/C23H15N/c1-2-7-16-15(6-1)14-20-17(16)11-12-19-22-10-5-13-24(22)21-9-4-3-8-18(21)23(19)20/h1-13H,14H2. The van der Waals surface area contributed by atoms with Gasteiger partial charge in [0.2, 0.25) is 0 Å². The smallest absolute Gasteiger partial charge is 0.0535 e. The molecule has 0 saturated carbocycles. The van der Waals surface area contributed by atoms with Crippen LogP contribution in [0.15, 0.2) is 79.0 Å². The Balaban J connectivity index is 1.89. The third-order valence-electron chi connectivity index (χ3n) is 5.45. The topological polar surface area (TPSA) is 4.41 Å². The lowest BCUT2D eigenvalue weighted by Gasteiger charge is -2.13. The van der Waals surface area contributed by atoms with Crippen LogP contribution in [0.3, 0.4) is 0 Å². The van der Waals surface area contributed by atoms with Crippen molar-refractivity contribution in [3.8, 4) is 11.1 Å². The largest absolute Gasteiger partial charge is 0.316 e. The number of rotatable bonds is 0. The molecule has 112 valence electrons. The van der Waals surface area contributed by atoms with Crippen LogP contribution in [0.5, 0.6) is 0 Å². The zero-order chi connectivity index (χ0) is 15.7. The lowest BCUT2D eigenvalue weighted by Crippen LogP contribution is -1.92. The molecule has 2 heterocycles. The lowest BCUT2D eigenvalue weighted by atomic mass is 9.96. The molecule has 1 heteroatoms. The van der Waals surface area contributed by atoms with Gasteiger partial charge in [0.15, 0.2) is 0 Å². The van der Waals surface area contributed by atoms with Crippen molar-refractivity contribution in [2.45, 2.75) is 6.42 Å². The molecule has 1 nitrogen and oxygen atoms in total. The maximum Gasteiger partial charge on any atom is 0.0535 e. The van der Waals surface area contributed by atoms with Crippen molar-refractivity contribution in [1.82, 2.24) is 4.40 Å². The number of aromatic nitrogens is 1. The molecule has 1 aliphatic rings. The van der Waals surface area contributed by atoms with E-state index < -0.39 is 0 Å². The van der Waals surface area contributed by atoms with E-state index in [0.717, 1.165) is 6.42 Å². The number of para-hydroxylation sites is 1. The van der Waals surface area contributed by atoms with Gasteiger partial charge >= 0.3 is 0 Å². The van der Waals surface area contributed by atoms with Crippen LogP contribution < -0.4 is 0 Å². The number of pyridine rings is 1. The molecule has 6 rings (SSSR count). The molecule has 0 radical (unpaired) electrons. The Kier molecular flexibility index (Phi) is 2.20. The highest BCUT2D eigenvalue weighted by atomic mass is 14.9. The molecular formula is C23H15N. The summed E-state index contributed by atoms with van der Waals surface area (Å²) in [5.41, 5.74) is 8.30. The van der Waals surface area contributed by atoms with E-state index in [1.807, 2.05) is 0 Å². The van der Waals surface area contributed by atoms with Gasteiger partial charge in [-0.3, -0.25) is 0 Å². The zero-order valence-corrected chi connectivity index (χ0v) is 13.2. The number of fused-ring (bicyclic) bond motifs is 10. The van der Waals surface area contributed by atoms with Crippen molar-refractivity contribution in [2.75, 3.05) is 0 Å².